The molecule has 0 spiro atoms. The molecule has 0 aliphatic heterocycles. The van der Waals surface area contributed by atoms with Crippen molar-refractivity contribution in [3.05, 3.63) is 51.5 Å². The maximum atomic E-state index is 11.4. The lowest BCUT2D eigenvalue weighted by atomic mass is 10.1. The van der Waals surface area contributed by atoms with Crippen LogP contribution in [0.4, 0.5) is 0 Å². The van der Waals surface area contributed by atoms with Gasteiger partial charge in [0.25, 0.3) is 5.56 Å². The fourth-order valence-electron chi connectivity index (χ4n) is 1.39. The molecule has 0 saturated carbocycles. The number of aromatic nitrogens is 2. The van der Waals surface area contributed by atoms with E-state index in [4.69, 9.17) is 11.6 Å². The molecule has 0 radical (unpaired) electrons. The molecule has 1 aromatic carbocycles. The van der Waals surface area contributed by atoms with Crippen LogP contribution in [0.1, 0.15) is 5.56 Å². The minimum atomic E-state index is -0.139. The van der Waals surface area contributed by atoms with Gasteiger partial charge in [-0.05, 0) is 13.0 Å². The van der Waals surface area contributed by atoms with Crippen molar-refractivity contribution < 1.29 is 0 Å². The quantitative estimate of drug-likeness (QED) is 0.802. The highest BCUT2D eigenvalue weighted by atomic mass is 35.5. The fraction of sp³-hybridized carbons (Fsp3) is 0.0909. The number of hydrogen-bond acceptors (Lipinski definition) is 2. The summed E-state index contributed by atoms with van der Waals surface area (Å²) in [4.78, 5) is 18.0. The number of rotatable bonds is 1. The molecule has 0 unspecified atom stereocenters. The minimum Gasteiger partial charge on any atom is -0.313 e. The summed E-state index contributed by atoms with van der Waals surface area (Å²) < 4.78 is 0. The van der Waals surface area contributed by atoms with Gasteiger partial charge in [-0.25, -0.2) is 4.98 Å². The van der Waals surface area contributed by atoms with Gasteiger partial charge in [0.2, 0.25) is 0 Å². The lowest BCUT2D eigenvalue weighted by Gasteiger charge is -2.04. The first-order valence-corrected chi connectivity index (χ1v) is 4.87. The summed E-state index contributed by atoms with van der Waals surface area (Å²) in [5.41, 5.74) is 1.85. The zero-order valence-electron chi connectivity index (χ0n) is 8.12. The molecule has 0 amide bonds. The number of halogens is 1. The summed E-state index contributed by atoms with van der Waals surface area (Å²) in [5.74, 6) is 0. The molecular formula is C11H9ClN2O. The Kier molecular flexibility index (Phi) is 2.56. The monoisotopic (exact) mass is 220 g/mol. The summed E-state index contributed by atoms with van der Waals surface area (Å²) >= 11 is 6.03. The molecule has 1 heterocycles. The molecule has 76 valence electrons. The average Bonchev–Trinajstić information content (AvgIpc) is 2.23. The van der Waals surface area contributed by atoms with Crippen LogP contribution < -0.4 is 5.56 Å². The van der Waals surface area contributed by atoms with E-state index in [-0.39, 0.29) is 5.56 Å². The summed E-state index contributed by atoms with van der Waals surface area (Å²) in [5, 5.41) is 0.596. The highest BCUT2D eigenvalue weighted by Gasteiger charge is 2.08. The summed E-state index contributed by atoms with van der Waals surface area (Å²) in [6.07, 6.45) is 1.38. The molecule has 4 heteroatoms. The first-order chi connectivity index (χ1) is 7.20. The average molecular weight is 221 g/mol. The van der Waals surface area contributed by atoms with Crippen molar-refractivity contribution in [3.63, 3.8) is 0 Å². The number of hydrogen-bond donors (Lipinski definition) is 1. The largest absolute Gasteiger partial charge is 0.313 e. The number of nitrogens with zero attached hydrogens (tertiary/aromatic N) is 1. The van der Waals surface area contributed by atoms with Crippen molar-refractivity contribution in [2.45, 2.75) is 6.92 Å². The molecule has 0 saturated heterocycles. The third-order valence-corrected chi connectivity index (χ3v) is 2.54. The van der Waals surface area contributed by atoms with Crippen LogP contribution in [-0.2, 0) is 0 Å². The number of H-pyrrole nitrogens is 1. The van der Waals surface area contributed by atoms with Gasteiger partial charge in [0.05, 0.1) is 12.0 Å². The molecule has 0 atom stereocenters. The van der Waals surface area contributed by atoms with Crippen molar-refractivity contribution in [3.8, 4) is 11.3 Å². The number of benzene rings is 1. The molecule has 3 nitrogen and oxygen atoms in total. The van der Waals surface area contributed by atoms with E-state index in [9.17, 15) is 4.79 Å². The Morgan fingerprint density at radius 3 is 2.80 bits per heavy atom. The maximum absolute atomic E-state index is 11.4. The van der Waals surface area contributed by atoms with Gasteiger partial charge in [-0.1, -0.05) is 29.8 Å². The van der Waals surface area contributed by atoms with Gasteiger partial charge in [0, 0.05) is 16.1 Å². The van der Waals surface area contributed by atoms with Crippen LogP contribution in [0.25, 0.3) is 11.3 Å². The Morgan fingerprint density at radius 1 is 1.33 bits per heavy atom. The van der Waals surface area contributed by atoms with Gasteiger partial charge < -0.3 is 4.98 Å². The summed E-state index contributed by atoms with van der Waals surface area (Å²) in [6.45, 7) is 1.73. The van der Waals surface area contributed by atoms with E-state index >= 15 is 0 Å². The molecule has 1 N–H and O–H groups in total. The standard InChI is InChI=1S/C11H9ClN2O/c1-7-10(13-6-14-11(7)15)8-4-2-3-5-9(8)12/h2-6H,1H3,(H,13,14,15). The van der Waals surface area contributed by atoms with E-state index in [2.05, 4.69) is 9.97 Å². The molecule has 2 aromatic rings. The smallest absolute Gasteiger partial charge is 0.254 e. The summed E-state index contributed by atoms with van der Waals surface area (Å²) in [7, 11) is 0. The molecule has 0 bridgehead atoms. The van der Waals surface area contributed by atoms with Crippen molar-refractivity contribution in [2.24, 2.45) is 0 Å². The maximum Gasteiger partial charge on any atom is 0.254 e. The van der Waals surface area contributed by atoms with Crippen LogP contribution in [0.3, 0.4) is 0 Å². The lowest BCUT2D eigenvalue weighted by molar-refractivity contribution is 1.08. The van der Waals surface area contributed by atoms with Crippen LogP contribution in [0, 0.1) is 6.92 Å². The highest BCUT2D eigenvalue weighted by molar-refractivity contribution is 6.33. The molecule has 15 heavy (non-hydrogen) atoms. The van der Waals surface area contributed by atoms with Crippen molar-refractivity contribution in [1.82, 2.24) is 9.97 Å². The van der Waals surface area contributed by atoms with Gasteiger partial charge in [0.15, 0.2) is 0 Å². The van der Waals surface area contributed by atoms with Crippen molar-refractivity contribution in [2.75, 3.05) is 0 Å². The lowest BCUT2D eigenvalue weighted by Crippen LogP contribution is -2.11. The molecular weight excluding hydrogens is 212 g/mol. The van der Waals surface area contributed by atoms with E-state index in [1.54, 1.807) is 13.0 Å². The normalized spacial score (nSPS) is 10.3. The Morgan fingerprint density at radius 2 is 2.07 bits per heavy atom. The van der Waals surface area contributed by atoms with E-state index in [1.165, 1.54) is 6.33 Å². The van der Waals surface area contributed by atoms with Crippen molar-refractivity contribution >= 4 is 11.6 Å². The Hall–Kier alpha value is -1.61. The second-order valence-corrected chi connectivity index (χ2v) is 3.59. The second kappa shape index (κ2) is 3.87. The zero-order chi connectivity index (χ0) is 10.8. The van der Waals surface area contributed by atoms with Crippen LogP contribution in [0.15, 0.2) is 35.4 Å². The Bertz CT molecular complexity index is 548. The Labute approximate surface area is 91.8 Å². The fourth-order valence-corrected chi connectivity index (χ4v) is 1.62. The second-order valence-electron chi connectivity index (χ2n) is 3.19. The van der Waals surface area contributed by atoms with E-state index in [0.717, 1.165) is 5.56 Å². The SMILES string of the molecule is Cc1c(-c2ccccc2Cl)nc[nH]c1=O. The van der Waals surface area contributed by atoms with Gasteiger partial charge in [-0.2, -0.15) is 0 Å². The third kappa shape index (κ3) is 1.78. The predicted molar refractivity (Wildman–Crippen MR) is 60.0 cm³/mol. The summed E-state index contributed by atoms with van der Waals surface area (Å²) in [6, 6.07) is 7.33. The first kappa shape index (κ1) is 9.93. The zero-order valence-corrected chi connectivity index (χ0v) is 8.88. The Balaban J connectivity index is 2.70. The van der Waals surface area contributed by atoms with Gasteiger partial charge in [-0.3, -0.25) is 4.79 Å². The predicted octanol–water partition coefficient (Wildman–Crippen LogP) is 2.40. The van der Waals surface area contributed by atoms with Gasteiger partial charge in [-0.15, -0.1) is 0 Å². The van der Waals surface area contributed by atoms with Crippen LogP contribution in [-0.4, -0.2) is 9.97 Å². The van der Waals surface area contributed by atoms with E-state index in [1.807, 2.05) is 18.2 Å². The first-order valence-electron chi connectivity index (χ1n) is 4.49. The molecule has 0 fully saturated rings. The number of nitrogens with one attached hydrogen (secondary N) is 1. The molecule has 0 aliphatic rings. The molecule has 2 rings (SSSR count). The van der Waals surface area contributed by atoms with Crippen LogP contribution in [0.2, 0.25) is 5.02 Å². The topological polar surface area (TPSA) is 45.8 Å². The minimum absolute atomic E-state index is 0.139. The van der Waals surface area contributed by atoms with Gasteiger partial charge >= 0.3 is 0 Å². The third-order valence-electron chi connectivity index (χ3n) is 2.21. The van der Waals surface area contributed by atoms with E-state index in [0.29, 0.717) is 16.3 Å². The van der Waals surface area contributed by atoms with Crippen molar-refractivity contribution in [1.29, 1.82) is 0 Å². The number of aromatic amines is 1. The van der Waals surface area contributed by atoms with Crippen LogP contribution in [0.5, 0.6) is 0 Å². The van der Waals surface area contributed by atoms with E-state index < -0.39 is 0 Å². The molecule has 1 aromatic heterocycles. The molecule has 0 aliphatic carbocycles. The van der Waals surface area contributed by atoms with Crippen LogP contribution >= 0.6 is 11.6 Å². The van der Waals surface area contributed by atoms with Gasteiger partial charge in [0.1, 0.15) is 0 Å². The highest BCUT2D eigenvalue weighted by Crippen LogP contribution is 2.26.